The minimum atomic E-state index is -4.83. The number of aromatic amines is 1. The third-order valence-corrected chi connectivity index (χ3v) is 2.83. The molecular weight excluding hydrogens is 277 g/mol. The van der Waals surface area contributed by atoms with Crippen molar-refractivity contribution >= 4 is 16.3 Å². The summed E-state index contributed by atoms with van der Waals surface area (Å²) in [5, 5.41) is 0. The van der Waals surface area contributed by atoms with Crippen LogP contribution in [0.15, 0.2) is 18.3 Å². The summed E-state index contributed by atoms with van der Waals surface area (Å²) in [5.41, 5.74) is -0.194. The Morgan fingerprint density at radius 1 is 1.50 bits per heavy atom. The first kappa shape index (κ1) is 14.5. The molecule has 0 fully saturated rings. The maximum absolute atomic E-state index is 12.1. The summed E-state index contributed by atoms with van der Waals surface area (Å²) in [5.74, 6) is -1.30. The van der Waals surface area contributed by atoms with Crippen LogP contribution in [0.25, 0.3) is 0 Å². The highest BCUT2D eigenvalue weighted by atomic mass is 32.2. The lowest BCUT2D eigenvalue weighted by Crippen LogP contribution is -2.44. The van der Waals surface area contributed by atoms with E-state index in [0.29, 0.717) is 6.92 Å². The van der Waals surface area contributed by atoms with Crippen molar-refractivity contribution < 1.29 is 30.6 Å². The van der Waals surface area contributed by atoms with Gasteiger partial charge in [-0.2, -0.15) is 26.3 Å². The Bertz CT molecular complexity index is 509. The minimum Gasteiger partial charge on any atom is -0.356 e. The summed E-state index contributed by atoms with van der Waals surface area (Å²) in [6.07, 6.45) is -3.44. The standard InChI is InChI=1S/C8H9F3N2O4S/c1-5(8(9,10)11)13-18(15,16)17-7(14)6-3-2-4-12-6/h2-5,12-13H,1H3/t5-/m1/s1. The summed E-state index contributed by atoms with van der Waals surface area (Å²) < 4.78 is 63.7. The summed E-state index contributed by atoms with van der Waals surface area (Å²) in [6.45, 7) is 0.583. The molecule has 1 heterocycles. The molecule has 0 saturated heterocycles. The number of carbonyl (C=O) groups is 1. The van der Waals surface area contributed by atoms with E-state index in [0.717, 1.165) is 0 Å². The van der Waals surface area contributed by atoms with Crippen molar-refractivity contribution in [2.24, 2.45) is 0 Å². The van der Waals surface area contributed by atoms with Crippen LogP contribution in [0, 0.1) is 0 Å². The maximum Gasteiger partial charge on any atom is 0.404 e. The van der Waals surface area contributed by atoms with Crippen LogP contribution in [-0.2, 0) is 14.5 Å². The van der Waals surface area contributed by atoms with E-state index < -0.39 is 28.5 Å². The van der Waals surface area contributed by atoms with Crippen molar-refractivity contribution in [3.8, 4) is 0 Å². The van der Waals surface area contributed by atoms with Crippen LogP contribution in [0.1, 0.15) is 17.4 Å². The number of rotatable bonds is 4. The SMILES string of the molecule is C[C@@H](NS(=O)(=O)OC(=O)c1ccc[nH]1)C(F)(F)F. The summed E-state index contributed by atoms with van der Waals surface area (Å²) in [6, 6.07) is 0.249. The smallest absolute Gasteiger partial charge is 0.356 e. The Hall–Kier alpha value is -1.55. The van der Waals surface area contributed by atoms with E-state index in [1.807, 2.05) is 0 Å². The quantitative estimate of drug-likeness (QED) is 0.862. The molecule has 0 aromatic carbocycles. The number of hydrogen-bond donors (Lipinski definition) is 2. The van der Waals surface area contributed by atoms with Gasteiger partial charge in [0.25, 0.3) is 0 Å². The number of aromatic nitrogens is 1. The van der Waals surface area contributed by atoms with Gasteiger partial charge in [-0.05, 0) is 19.1 Å². The van der Waals surface area contributed by atoms with Gasteiger partial charge in [0, 0.05) is 6.20 Å². The highest BCUT2D eigenvalue weighted by Crippen LogP contribution is 2.20. The molecule has 0 bridgehead atoms. The molecule has 102 valence electrons. The topological polar surface area (TPSA) is 88.3 Å². The van der Waals surface area contributed by atoms with Crippen LogP contribution in [0.3, 0.4) is 0 Å². The fourth-order valence-electron chi connectivity index (χ4n) is 0.909. The zero-order chi connectivity index (χ0) is 14.0. The second-order valence-electron chi connectivity index (χ2n) is 3.29. The van der Waals surface area contributed by atoms with Crippen LogP contribution >= 0.6 is 0 Å². The second kappa shape index (κ2) is 4.98. The molecule has 1 aromatic heterocycles. The number of halogens is 3. The zero-order valence-corrected chi connectivity index (χ0v) is 9.80. The van der Waals surface area contributed by atoms with Crippen LogP contribution in [0.4, 0.5) is 13.2 Å². The molecule has 0 aliphatic rings. The highest BCUT2D eigenvalue weighted by molar-refractivity contribution is 7.85. The normalized spacial score (nSPS) is 14.2. The lowest BCUT2D eigenvalue weighted by Gasteiger charge is -2.16. The molecule has 0 aliphatic heterocycles. The van der Waals surface area contributed by atoms with Crippen LogP contribution in [0.2, 0.25) is 0 Å². The fraction of sp³-hybridized carbons (Fsp3) is 0.375. The lowest BCUT2D eigenvalue weighted by atomic mass is 10.4. The summed E-state index contributed by atoms with van der Waals surface area (Å²) in [4.78, 5) is 13.6. The van der Waals surface area contributed by atoms with Crippen LogP contribution in [-0.4, -0.2) is 31.6 Å². The Morgan fingerprint density at radius 3 is 2.56 bits per heavy atom. The van der Waals surface area contributed by atoms with E-state index in [1.54, 1.807) is 0 Å². The number of hydrogen-bond acceptors (Lipinski definition) is 4. The molecule has 0 amide bonds. The van der Waals surface area contributed by atoms with Crippen molar-refractivity contribution in [2.45, 2.75) is 19.1 Å². The molecule has 10 heteroatoms. The molecule has 0 radical (unpaired) electrons. The molecule has 2 N–H and O–H groups in total. The fourth-order valence-corrected chi connectivity index (χ4v) is 1.81. The number of carbonyl (C=O) groups excluding carboxylic acids is 1. The Kier molecular flexibility index (Phi) is 4.02. The second-order valence-corrected chi connectivity index (χ2v) is 4.60. The van der Waals surface area contributed by atoms with Gasteiger partial charge in [-0.1, -0.05) is 0 Å². The Morgan fingerprint density at radius 2 is 2.11 bits per heavy atom. The van der Waals surface area contributed by atoms with Gasteiger partial charge in [-0.25, -0.2) is 4.79 Å². The van der Waals surface area contributed by atoms with Crippen molar-refractivity contribution in [3.63, 3.8) is 0 Å². The van der Waals surface area contributed by atoms with E-state index in [2.05, 4.69) is 9.17 Å². The summed E-state index contributed by atoms with van der Waals surface area (Å²) in [7, 11) is -4.83. The third-order valence-electron chi connectivity index (χ3n) is 1.82. The largest absolute Gasteiger partial charge is 0.404 e. The van der Waals surface area contributed by atoms with Crippen molar-refractivity contribution in [3.05, 3.63) is 24.0 Å². The van der Waals surface area contributed by atoms with Gasteiger partial charge in [0.2, 0.25) is 0 Å². The highest BCUT2D eigenvalue weighted by Gasteiger charge is 2.39. The molecule has 1 rings (SSSR count). The third kappa shape index (κ3) is 4.04. The molecular formula is C8H9F3N2O4S. The minimum absolute atomic E-state index is 0.194. The van der Waals surface area contributed by atoms with Gasteiger partial charge in [-0.15, -0.1) is 0 Å². The van der Waals surface area contributed by atoms with Crippen LogP contribution in [0.5, 0.6) is 0 Å². The van der Waals surface area contributed by atoms with Crippen molar-refractivity contribution in [2.75, 3.05) is 0 Å². The summed E-state index contributed by atoms with van der Waals surface area (Å²) >= 11 is 0. The predicted octanol–water partition coefficient (Wildman–Crippen LogP) is 0.957. The molecule has 0 spiro atoms. The first-order valence-corrected chi connectivity index (χ1v) is 5.99. The van der Waals surface area contributed by atoms with Gasteiger partial charge < -0.3 is 9.17 Å². The number of H-pyrrole nitrogens is 1. The zero-order valence-electron chi connectivity index (χ0n) is 8.98. The maximum atomic E-state index is 12.1. The van der Waals surface area contributed by atoms with Crippen LogP contribution < -0.4 is 4.72 Å². The lowest BCUT2D eigenvalue weighted by molar-refractivity contribution is -0.147. The molecule has 0 saturated carbocycles. The van der Waals surface area contributed by atoms with Gasteiger partial charge in [-0.3, -0.25) is 0 Å². The Labute approximate surface area is 100 Å². The van der Waals surface area contributed by atoms with Gasteiger partial charge in [0.05, 0.1) is 0 Å². The molecule has 6 nitrogen and oxygen atoms in total. The van der Waals surface area contributed by atoms with Gasteiger partial charge >= 0.3 is 22.4 Å². The molecule has 1 aromatic rings. The number of nitrogens with one attached hydrogen (secondary N) is 2. The van der Waals surface area contributed by atoms with E-state index in [-0.39, 0.29) is 5.69 Å². The molecule has 1 atom stereocenters. The first-order chi connectivity index (χ1) is 8.12. The van der Waals surface area contributed by atoms with Gasteiger partial charge in [0.15, 0.2) is 0 Å². The molecule has 0 unspecified atom stereocenters. The average molecular weight is 286 g/mol. The predicted molar refractivity (Wildman–Crippen MR) is 53.8 cm³/mol. The average Bonchev–Trinajstić information content (AvgIpc) is 2.66. The first-order valence-electron chi connectivity index (χ1n) is 4.58. The van der Waals surface area contributed by atoms with Crippen molar-refractivity contribution in [1.82, 2.24) is 9.71 Å². The monoisotopic (exact) mass is 286 g/mol. The molecule has 0 aliphatic carbocycles. The Balaban J connectivity index is 2.69. The number of alkyl halides is 3. The molecule has 18 heavy (non-hydrogen) atoms. The van der Waals surface area contributed by atoms with E-state index >= 15 is 0 Å². The van der Waals surface area contributed by atoms with E-state index in [1.165, 1.54) is 23.1 Å². The van der Waals surface area contributed by atoms with E-state index in [4.69, 9.17) is 0 Å². The van der Waals surface area contributed by atoms with E-state index in [9.17, 15) is 26.4 Å². The van der Waals surface area contributed by atoms with Crippen molar-refractivity contribution in [1.29, 1.82) is 0 Å². The van der Waals surface area contributed by atoms with Gasteiger partial charge in [0.1, 0.15) is 11.7 Å².